The van der Waals surface area contributed by atoms with E-state index in [0.29, 0.717) is 24.6 Å². The van der Waals surface area contributed by atoms with Crippen molar-refractivity contribution < 1.29 is 13.6 Å². The monoisotopic (exact) mass is 352 g/mol. The van der Waals surface area contributed by atoms with Crippen molar-refractivity contribution in [1.82, 2.24) is 19.9 Å². The number of likely N-dealkylation sites (tertiary alicyclic amines) is 1. The first-order valence-corrected chi connectivity index (χ1v) is 8.48. The summed E-state index contributed by atoms with van der Waals surface area (Å²) >= 11 is 0. The number of amides is 1. The Morgan fingerprint density at radius 1 is 1.19 bits per heavy atom. The first kappa shape index (κ1) is 16.4. The van der Waals surface area contributed by atoms with Gasteiger partial charge in [-0.05, 0) is 36.6 Å². The molecule has 1 aliphatic rings. The zero-order chi connectivity index (χ0) is 17.9. The third kappa shape index (κ3) is 3.33. The molecule has 1 fully saturated rings. The molecule has 2 aromatic heterocycles. The minimum absolute atomic E-state index is 0.178. The first-order valence-electron chi connectivity index (χ1n) is 8.48. The number of aromatic nitrogens is 3. The van der Waals surface area contributed by atoms with E-state index in [9.17, 15) is 9.18 Å². The number of hydrogen-bond donors (Lipinski definition) is 0. The van der Waals surface area contributed by atoms with Crippen LogP contribution in [0.1, 0.15) is 46.7 Å². The van der Waals surface area contributed by atoms with Crippen LogP contribution >= 0.6 is 0 Å². The van der Waals surface area contributed by atoms with E-state index >= 15 is 0 Å². The van der Waals surface area contributed by atoms with Crippen molar-refractivity contribution in [3.63, 3.8) is 0 Å². The molecule has 4 rings (SSSR count). The molecule has 6 nitrogen and oxygen atoms in total. The Morgan fingerprint density at radius 3 is 2.73 bits per heavy atom. The molecule has 26 heavy (non-hydrogen) atoms. The minimum Gasteiger partial charge on any atom is -0.443 e. The van der Waals surface area contributed by atoms with Crippen LogP contribution in [-0.2, 0) is 6.42 Å². The fraction of sp³-hybridized carbons (Fsp3) is 0.263. The predicted octanol–water partition coefficient (Wildman–Crippen LogP) is 3.17. The van der Waals surface area contributed by atoms with E-state index in [0.717, 1.165) is 18.4 Å². The highest BCUT2D eigenvalue weighted by Gasteiger charge is 2.34. The van der Waals surface area contributed by atoms with Crippen molar-refractivity contribution >= 4 is 5.91 Å². The topological polar surface area (TPSA) is 72.1 Å². The second kappa shape index (κ2) is 7.03. The molecule has 0 spiro atoms. The largest absolute Gasteiger partial charge is 0.443 e. The molecule has 132 valence electrons. The number of oxazole rings is 1. The van der Waals surface area contributed by atoms with E-state index in [1.807, 2.05) is 0 Å². The van der Waals surface area contributed by atoms with Crippen molar-refractivity contribution in [2.45, 2.75) is 25.3 Å². The molecule has 3 heterocycles. The van der Waals surface area contributed by atoms with Gasteiger partial charge in [0.1, 0.15) is 17.6 Å². The first-order chi connectivity index (χ1) is 12.7. The molecule has 0 bridgehead atoms. The van der Waals surface area contributed by atoms with Gasteiger partial charge in [0.25, 0.3) is 5.91 Å². The maximum absolute atomic E-state index is 13.0. The molecule has 1 saturated heterocycles. The summed E-state index contributed by atoms with van der Waals surface area (Å²) in [5.74, 6) is 0.893. The highest BCUT2D eigenvalue weighted by atomic mass is 19.1. The Balaban J connectivity index is 1.51. The summed E-state index contributed by atoms with van der Waals surface area (Å²) in [5.41, 5.74) is 0.936. The Labute approximate surface area is 149 Å². The number of carbonyl (C=O) groups is 1. The Morgan fingerprint density at radius 2 is 1.96 bits per heavy atom. The average Bonchev–Trinajstić information content (AvgIpc) is 3.33. The number of benzene rings is 1. The predicted molar refractivity (Wildman–Crippen MR) is 90.8 cm³/mol. The van der Waals surface area contributed by atoms with Crippen molar-refractivity contribution in [3.05, 3.63) is 77.8 Å². The quantitative estimate of drug-likeness (QED) is 0.721. The number of rotatable bonds is 4. The van der Waals surface area contributed by atoms with Crippen LogP contribution in [0, 0.1) is 5.82 Å². The number of carbonyl (C=O) groups excluding carboxylic acids is 1. The van der Waals surface area contributed by atoms with Gasteiger partial charge in [-0.2, -0.15) is 0 Å². The van der Waals surface area contributed by atoms with Gasteiger partial charge in [-0.3, -0.25) is 4.79 Å². The lowest BCUT2D eigenvalue weighted by molar-refractivity contribution is 0.0702. The third-order valence-corrected chi connectivity index (χ3v) is 4.42. The molecule has 0 aliphatic carbocycles. The van der Waals surface area contributed by atoms with Crippen molar-refractivity contribution in [2.75, 3.05) is 6.54 Å². The van der Waals surface area contributed by atoms with Gasteiger partial charge >= 0.3 is 0 Å². The normalized spacial score (nSPS) is 16.8. The smallest absolute Gasteiger partial charge is 0.292 e. The summed E-state index contributed by atoms with van der Waals surface area (Å²) in [6.45, 7) is 0.622. The second-order valence-corrected chi connectivity index (χ2v) is 6.20. The van der Waals surface area contributed by atoms with Crippen LogP contribution in [0.2, 0.25) is 0 Å². The molecule has 1 atom stereocenters. The van der Waals surface area contributed by atoms with Crippen LogP contribution in [0.25, 0.3) is 0 Å². The SMILES string of the molecule is O=C(c1ncccn1)N1CCCC1c1ncc(Cc2ccc(F)cc2)o1. The Kier molecular flexibility index (Phi) is 4.43. The van der Waals surface area contributed by atoms with E-state index in [1.165, 1.54) is 12.1 Å². The fourth-order valence-corrected chi connectivity index (χ4v) is 3.17. The van der Waals surface area contributed by atoms with Crippen LogP contribution in [-0.4, -0.2) is 32.3 Å². The van der Waals surface area contributed by atoms with Crippen LogP contribution in [0.4, 0.5) is 4.39 Å². The fourth-order valence-electron chi connectivity index (χ4n) is 3.17. The van der Waals surface area contributed by atoms with Crippen LogP contribution in [0.3, 0.4) is 0 Å². The molecule has 1 unspecified atom stereocenters. The van der Waals surface area contributed by atoms with Crippen LogP contribution in [0.15, 0.2) is 53.3 Å². The summed E-state index contributed by atoms with van der Waals surface area (Å²) in [6, 6.07) is 7.74. The van der Waals surface area contributed by atoms with Gasteiger partial charge in [-0.15, -0.1) is 0 Å². The van der Waals surface area contributed by atoms with Gasteiger partial charge in [0.2, 0.25) is 11.7 Å². The lowest BCUT2D eigenvalue weighted by atomic mass is 10.1. The van der Waals surface area contributed by atoms with E-state index in [1.54, 1.807) is 41.7 Å². The van der Waals surface area contributed by atoms with Gasteiger partial charge in [-0.25, -0.2) is 19.3 Å². The summed E-state index contributed by atoms with van der Waals surface area (Å²) in [6.07, 6.45) is 6.96. The van der Waals surface area contributed by atoms with Crippen LogP contribution < -0.4 is 0 Å². The standard InChI is InChI=1S/C19H17FN4O2/c20-14-6-4-13(5-7-14)11-15-12-23-18(26-15)16-3-1-10-24(16)19(25)17-21-8-2-9-22-17/h2,4-9,12,16H,1,3,10-11H2. The number of halogens is 1. The van der Waals surface area contributed by atoms with Crippen molar-refractivity contribution in [1.29, 1.82) is 0 Å². The van der Waals surface area contributed by atoms with Gasteiger partial charge in [0.05, 0.1) is 6.20 Å². The zero-order valence-corrected chi connectivity index (χ0v) is 14.0. The third-order valence-electron chi connectivity index (χ3n) is 4.42. The van der Waals surface area contributed by atoms with E-state index < -0.39 is 0 Å². The molecule has 0 radical (unpaired) electrons. The molecule has 7 heteroatoms. The van der Waals surface area contributed by atoms with Crippen LogP contribution in [0.5, 0.6) is 0 Å². The summed E-state index contributed by atoms with van der Waals surface area (Å²) in [7, 11) is 0. The van der Waals surface area contributed by atoms with E-state index in [-0.39, 0.29) is 23.6 Å². The lowest BCUT2D eigenvalue weighted by Gasteiger charge is -2.21. The van der Waals surface area contributed by atoms with Gasteiger partial charge in [0, 0.05) is 25.4 Å². The molecule has 0 N–H and O–H groups in total. The van der Waals surface area contributed by atoms with E-state index in [4.69, 9.17) is 4.42 Å². The average molecular weight is 352 g/mol. The van der Waals surface area contributed by atoms with Crippen molar-refractivity contribution in [3.8, 4) is 0 Å². The molecule has 1 aliphatic heterocycles. The highest BCUT2D eigenvalue weighted by molar-refractivity contribution is 5.90. The minimum atomic E-state index is -0.268. The molecule has 1 amide bonds. The maximum Gasteiger partial charge on any atom is 0.292 e. The van der Waals surface area contributed by atoms with Gasteiger partial charge < -0.3 is 9.32 Å². The molecule has 3 aromatic rings. The summed E-state index contributed by atoms with van der Waals surface area (Å²) < 4.78 is 18.9. The lowest BCUT2D eigenvalue weighted by Crippen LogP contribution is -2.32. The Hall–Kier alpha value is -3.09. The number of nitrogens with zero attached hydrogens (tertiary/aromatic N) is 4. The molecule has 0 saturated carbocycles. The zero-order valence-electron chi connectivity index (χ0n) is 14.0. The second-order valence-electron chi connectivity index (χ2n) is 6.20. The van der Waals surface area contributed by atoms with Gasteiger partial charge in [-0.1, -0.05) is 12.1 Å². The number of hydrogen-bond acceptors (Lipinski definition) is 5. The Bertz CT molecular complexity index is 895. The summed E-state index contributed by atoms with van der Waals surface area (Å²) in [4.78, 5) is 26.8. The molecular weight excluding hydrogens is 335 g/mol. The summed E-state index contributed by atoms with van der Waals surface area (Å²) in [5, 5.41) is 0. The maximum atomic E-state index is 13.0. The van der Waals surface area contributed by atoms with E-state index in [2.05, 4.69) is 15.0 Å². The highest BCUT2D eigenvalue weighted by Crippen LogP contribution is 2.32. The molecular formula is C19H17FN4O2. The molecule has 1 aromatic carbocycles. The van der Waals surface area contributed by atoms with Crippen molar-refractivity contribution in [2.24, 2.45) is 0 Å². The van der Waals surface area contributed by atoms with Gasteiger partial charge in [0.15, 0.2) is 0 Å².